The molecule has 0 amide bonds. The highest BCUT2D eigenvalue weighted by atomic mass is 32.2. The highest BCUT2D eigenvalue weighted by Crippen LogP contribution is 2.60. The monoisotopic (exact) mass is 376 g/mol. The Kier molecular flexibility index (Phi) is 4.35. The second-order valence-corrected chi connectivity index (χ2v) is 9.42. The van der Waals surface area contributed by atoms with E-state index in [1.807, 2.05) is 0 Å². The molecular formula is C17H23F3N2O2S. The molecule has 25 heavy (non-hydrogen) atoms. The number of anilines is 1. The van der Waals surface area contributed by atoms with E-state index in [0.717, 1.165) is 18.9 Å². The van der Waals surface area contributed by atoms with Gasteiger partial charge in [0.25, 0.3) is 0 Å². The third-order valence-corrected chi connectivity index (χ3v) is 7.06. The van der Waals surface area contributed by atoms with Crippen LogP contribution in [0.3, 0.4) is 0 Å². The van der Waals surface area contributed by atoms with Crippen LogP contribution in [-0.2, 0) is 16.2 Å². The van der Waals surface area contributed by atoms with Crippen LogP contribution in [0.25, 0.3) is 0 Å². The molecule has 3 saturated carbocycles. The Morgan fingerprint density at radius 2 is 1.80 bits per heavy atom. The number of alkyl halides is 3. The van der Waals surface area contributed by atoms with E-state index >= 15 is 0 Å². The van der Waals surface area contributed by atoms with Crippen molar-refractivity contribution in [1.82, 2.24) is 0 Å². The van der Waals surface area contributed by atoms with E-state index in [9.17, 15) is 21.6 Å². The Hall–Kier alpha value is -1.28. The van der Waals surface area contributed by atoms with Crippen molar-refractivity contribution in [3.63, 3.8) is 0 Å². The summed E-state index contributed by atoms with van der Waals surface area (Å²) in [5.41, 5.74) is -1.10. The van der Waals surface area contributed by atoms with Crippen LogP contribution < -0.4 is 10.5 Å². The molecule has 3 N–H and O–H groups in total. The van der Waals surface area contributed by atoms with Gasteiger partial charge in [-0.2, -0.15) is 13.2 Å². The van der Waals surface area contributed by atoms with Crippen molar-refractivity contribution in [3.05, 3.63) is 23.8 Å². The van der Waals surface area contributed by atoms with Crippen LogP contribution in [0.5, 0.6) is 0 Å². The van der Waals surface area contributed by atoms with E-state index < -0.39 is 26.7 Å². The maximum Gasteiger partial charge on any atom is 0.419 e. The normalized spacial score (nSPS) is 28.3. The second-order valence-electron chi connectivity index (χ2n) is 7.89. The summed E-state index contributed by atoms with van der Waals surface area (Å²) in [5, 5.41) is 7.79. The van der Waals surface area contributed by atoms with Crippen molar-refractivity contribution in [2.75, 3.05) is 11.9 Å². The summed E-state index contributed by atoms with van der Waals surface area (Å²) in [7, 11) is -4.46. The smallest absolute Gasteiger partial charge is 0.384 e. The van der Waals surface area contributed by atoms with Gasteiger partial charge in [-0.1, -0.05) is 19.9 Å². The molecule has 1 aromatic rings. The highest BCUT2D eigenvalue weighted by Gasteiger charge is 2.52. The predicted octanol–water partition coefficient (Wildman–Crippen LogP) is 3.84. The molecular weight excluding hydrogens is 353 g/mol. The molecule has 0 spiro atoms. The minimum atomic E-state index is -4.80. The Labute approximate surface area is 146 Å². The van der Waals surface area contributed by atoms with Crippen LogP contribution in [0.1, 0.15) is 38.7 Å². The maximum atomic E-state index is 13.4. The van der Waals surface area contributed by atoms with Gasteiger partial charge in [-0.25, -0.2) is 13.6 Å². The zero-order chi connectivity index (χ0) is 18.6. The van der Waals surface area contributed by atoms with Crippen LogP contribution in [0.4, 0.5) is 18.9 Å². The van der Waals surface area contributed by atoms with Gasteiger partial charge < -0.3 is 5.32 Å². The molecule has 1 aromatic carbocycles. The Morgan fingerprint density at radius 1 is 1.20 bits per heavy atom. The average molecular weight is 376 g/mol. The van der Waals surface area contributed by atoms with Crippen molar-refractivity contribution in [3.8, 4) is 0 Å². The van der Waals surface area contributed by atoms with E-state index in [1.165, 1.54) is 18.6 Å². The Morgan fingerprint density at radius 3 is 2.28 bits per heavy atom. The van der Waals surface area contributed by atoms with E-state index in [0.29, 0.717) is 29.7 Å². The Balaban J connectivity index is 1.80. The maximum absolute atomic E-state index is 13.4. The molecule has 140 valence electrons. The number of sulfonamides is 1. The van der Waals surface area contributed by atoms with E-state index in [2.05, 4.69) is 19.2 Å². The first-order chi connectivity index (χ1) is 11.4. The summed E-state index contributed by atoms with van der Waals surface area (Å²) in [6.45, 7) is 4.92. The van der Waals surface area contributed by atoms with Crippen molar-refractivity contribution in [2.45, 2.75) is 44.2 Å². The fourth-order valence-electron chi connectivity index (χ4n) is 4.45. The van der Waals surface area contributed by atoms with Gasteiger partial charge in [-0.05, 0) is 54.6 Å². The third-order valence-electron chi connectivity index (χ3n) is 6.11. The number of hydrogen-bond donors (Lipinski definition) is 2. The summed E-state index contributed by atoms with van der Waals surface area (Å²) in [6.07, 6.45) is -1.61. The first-order valence-electron chi connectivity index (χ1n) is 8.37. The minimum absolute atomic E-state index is 0.225. The molecule has 4 nitrogen and oxygen atoms in total. The number of nitrogens with one attached hydrogen (secondary N) is 1. The number of rotatable bonds is 4. The molecule has 0 radical (unpaired) electrons. The topological polar surface area (TPSA) is 72.2 Å². The minimum Gasteiger partial charge on any atom is -0.384 e. The number of nitrogens with two attached hydrogens (primary N) is 1. The molecule has 0 heterocycles. The van der Waals surface area contributed by atoms with Crippen molar-refractivity contribution >= 4 is 15.7 Å². The van der Waals surface area contributed by atoms with Crippen LogP contribution >= 0.6 is 0 Å². The van der Waals surface area contributed by atoms with Crippen LogP contribution in [-0.4, -0.2) is 15.0 Å². The molecule has 2 bridgehead atoms. The van der Waals surface area contributed by atoms with Gasteiger partial charge >= 0.3 is 6.18 Å². The standard InChI is InChI=1S/C17H23F3N2O2S/c1-16(2)11-6-10(7-12(16)8-11)9-22-13-4-3-5-14(25(21,23)24)15(13)17(18,19)20/h3-5,10-12,22H,6-9H2,1-2H3,(H2,21,23,24). The fourth-order valence-corrected chi connectivity index (χ4v) is 5.23. The van der Waals surface area contributed by atoms with Crippen LogP contribution in [0.2, 0.25) is 0 Å². The van der Waals surface area contributed by atoms with Crippen LogP contribution in [0.15, 0.2) is 23.1 Å². The summed E-state index contributed by atoms with van der Waals surface area (Å²) in [6, 6.07) is 3.42. The zero-order valence-corrected chi connectivity index (χ0v) is 15.0. The average Bonchev–Trinajstić information content (AvgIpc) is 2.51. The van der Waals surface area contributed by atoms with Gasteiger partial charge in [-0.3, -0.25) is 0 Å². The molecule has 8 heteroatoms. The quantitative estimate of drug-likeness (QED) is 0.839. The molecule has 2 atom stereocenters. The molecule has 3 aliphatic rings. The molecule has 0 saturated heterocycles. The molecule has 3 aliphatic carbocycles. The largest absolute Gasteiger partial charge is 0.419 e. The number of benzene rings is 1. The van der Waals surface area contributed by atoms with Gasteiger partial charge in [0.05, 0.1) is 10.5 Å². The summed E-state index contributed by atoms with van der Waals surface area (Å²) in [5.74, 6) is 1.54. The van der Waals surface area contributed by atoms with Crippen molar-refractivity contribution in [1.29, 1.82) is 0 Å². The lowest BCUT2D eigenvalue weighted by molar-refractivity contribution is -0.139. The molecule has 2 unspecified atom stereocenters. The summed E-state index contributed by atoms with van der Waals surface area (Å²) >= 11 is 0. The SMILES string of the molecule is CC1(C)C2CC(CNc3cccc(S(N)(=O)=O)c3C(F)(F)F)CC1C2. The van der Waals surface area contributed by atoms with Crippen LogP contribution in [0, 0.1) is 23.2 Å². The lowest BCUT2D eigenvalue weighted by atomic mass is 9.47. The number of fused-ring (bicyclic) bond motifs is 2. The number of primary sulfonamides is 1. The summed E-state index contributed by atoms with van der Waals surface area (Å²) < 4.78 is 63.3. The zero-order valence-electron chi connectivity index (χ0n) is 14.2. The molecule has 0 aliphatic heterocycles. The fraction of sp³-hybridized carbons (Fsp3) is 0.647. The molecule has 4 rings (SSSR count). The number of halogens is 3. The third kappa shape index (κ3) is 3.38. The molecule has 0 aromatic heterocycles. The predicted molar refractivity (Wildman–Crippen MR) is 89.4 cm³/mol. The van der Waals surface area contributed by atoms with Gasteiger partial charge in [0.2, 0.25) is 10.0 Å². The summed E-state index contributed by atoms with van der Waals surface area (Å²) in [4.78, 5) is -0.891. The van der Waals surface area contributed by atoms with Crippen molar-refractivity contribution in [2.24, 2.45) is 28.3 Å². The van der Waals surface area contributed by atoms with E-state index in [-0.39, 0.29) is 5.69 Å². The lowest BCUT2D eigenvalue weighted by Gasteiger charge is -2.59. The number of hydrogen-bond acceptors (Lipinski definition) is 3. The van der Waals surface area contributed by atoms with E-state index in [1.54, 1.807) is 0 Å². The lowest BCUT2D eigenvalue weighted by Crippen LogP contribution is -2.51. The Bertz CT molecular complexity index is 761. The van der Waals surface area contributed by atoms with E-state index in [4.69, 9.17) is 5.14 Å². The highest BCUT2D eigenvalue weighted by molar-refractivity contribution is 7.89. The first-order valence-corrected chi connectivity index (χ1v) is 9.92. The van der Waals surface area contributed by atoms with Crippen molar-refractivity contribution < 1.29 is 21.6 Å². The molecule has 3 fully saturated rings. The first kappa shape index (κ1) is 18.5. The van der Waals surface area contributed by atoms with Gasteiger partial charge in [0.1, 0.15) is 0 Å². The second kappa shape index (κ2) is 5.87. The van der Waals surface area contributed by atoms with Gasteiger partial charge in [0.15, 0.2) is 0 Å². The van der Waals surface area contributed by atoms with Gasteiger partial charge in [-0.15, -0.1) is 0 Å². The van der Waals surface area contributed by atoms with Gasteiger partial charge in [0, 0.05) is 12.2 Å².